The number of piperidine rings is 1. The Morgan fingerprint density at radius 3 is 2.68 bits per heavy atom. The van der Waals surface area contributed by atoms with E-state index in [0.717, 1.165) is 16.0 Å². The van der Waals surface area contributed by atoms with Crippen molar-refractivity contribution in [2.45, 2.75) is 38.5 Å². The van der Waals surface area contributed by atoms with Gasteiger partial charge in [-0.25, -0.2) is 0 Å². The zero-order valence-electron chi connectivity index (χ0n) is 20.4. The summed E-state index contributed by atoms with van der Waals surface area (Å²) >= 11 is 0. The molecule has 2 unspecified atom stereocenters. The standard InChI is InChI=1S/C25H25N3O6/c29-22-9-8-20(24(31)26-22)28-13-19-18(25(28)32)2-1-3-21(19)34-14-17-6-4-16(5-7-17)12-27-10-11-33-15-23(27)30/h1-7,20H,8-15H2,(H,26,29,31)/i8D,20D. The molecule has 2 saturated heterocycles. The van der Waals surface area contributed by atoms with Crippen molar-refractivity contribution in [2.24, 2.45) is 0 Å². The molecule has 0 radical (unpaired) electrons. The van der Waals surface area contributed by atoms with E-state index < -0.39 is 30.1 Å². The van der Waals surface area contributed by atoms with E-state index in [2.05, 4.69) is 5.32 Å². The maximum absolute atomic E-state index is 13.1. The second kappa shape index (κ2) is 9.26. The molecule has 4 amide bonds. The lowest BCUT2D eigenvalue weighted by Crippen LogP contribution is -2.52. The van der Waals surface area contributed by atoms with Gasteiger partial charge in [0.2, 0.25) is 17.7 Å². The Morgan fingerprint density at radius 1 is 1.12 bits per heavy atom. The normalized spacial score (nSPS) is 25.6. The van der Waals surface area contributed by atoms with Crippen molar-refractivity contribution >= 4 is 23.6 Å². The van der Waals surface area contributed by atoms with Gasteiger partial charge in [0.05, 0.1) is 14.5 Å². The first-order valence-corrected chi connectivity index (χ1v) is 11.0. The summed E-state index contributed by atoms with van der Waals surface area (Å²) in [4.78, 5) is 51.9. The maximum Gasteiger partial charge on any atom is 0.255 e. The fourth-order valence-electron chi connectivity index (χ4n) is 4.23. The third-order valence-corrected chi connectivity index (χ3v) is 6.06. The third kappa shape index (κ3) is 4.38. The number of rotatable bonds is 6. The van der Waals surface area contributed by atoms with Crippen LogP contribution in [0.25, 0.3) is 0 Å². The topological polar surface area (TPSA) is 105 Å². The zero-order chi connectivity index (χ0) is 25.4. The lowest BCUT2D eigenvalue weighted by Gasteiger charge is -2.29. The summed E-state index contributed by atoms with van der Waals surface area (Å²) in [5.74, 6) is -1.73. The van der Waals surface area contributed by atoms with Crippen LogP contribution in [0.3, 0.4) is 0 Å². The summed E-state index contributed by atoms with van der Waals surface area (Å²) in [7, 11) is 0. The van der Waals surface area contributed by atoms with Gasteiger partial charge in [0, 0.05) is 32.0 Å². The van der Waals surface area contributed by atoms with Crippen molar-refractivity contribution in [3.8, 4) is 5.75 Å². The van der Waals surface area contributed by atoms with Gasteiger partial charge in [-0.05, 0) is 29.7 Å². The number of ether oxygens (including phenoxy) is 2. The predicted molar refractivity (Wildman–Crippen MR) is 119 cm³/mol. The van der Waals surface area contributed by atoms with Gasteiger partial charge in [-0.1, -0.05) is 30.3 Å². The molecule has 3 aliphatic heterocycles. The number of amides is 4. The van der Waals surface area contributed by atoms with Gasteiger partial charge < -0.3 is 19.3 Å². The number of nitrogens with one attached hydrogen (secondary N) is 1. The fraction of sp³-hybridized carbons (Fsp3) is 0.360. The van der Waals surface area contributed by atoms with Gasteiger partial charge in [0.1, 0.15) is 25.0 Å². The second-order valence-corrected chi connectivity index (χ2v) is 8.32. The van der Waals surface area contributed by atoms with Gasteiger partial charge in [-0.15, -0.1) is 0 Å². The lowest BCUT2D eigenvalue weighted by molar-refractivity contribution is -0.143. The molecule has 34 heavy (non-hydrogen) atoms. The minimum atomic E-state index is -2.21. The number of benzene rings is 2. The van der Waals surface area contributed by atoms with Gasteiger partial charge in [-0.2, -0.15) is 0 Å². The summed E-state index contributed by atoms with van der Waals surface area (Å²) < 4.78 is 28.0. The number of hydrogen-bond donors (Lipinski definition) is 1. The van der Waals surface area contributed by atoms with E-state index in [1.807, 2.05) is 24.3 Å². The van der Waals surface area contributed by atoms with Crippen molar-refractivity contribution in [2.75, 3.05) is 19.8 Å². The minimum Gasteiger partial charge on any atom is -0.489 e. The van der Waals surface area contributed by atoms with Crippen LogP contribution in [-0.4, -0.2) is 59.2 Å². The molecule has 0 aliphatic carbocycles. The molecule has 1 N–H and O–H groups in total. The van der Waals surface area contributed by atoms with E-state index in [9.17, 15) is 19.2 Å². The number of hydrogen-bond acceptors (Lipinski definition) is 6. The molecule has 9 nitrogen and oxygen atoms in total. The van der Waals surface area contributed by atoms with Crippen LogP contribution in [0.4, 0.5) is 0 Å². The molecule has 0 spiro atoms. The number of carbonyl (C=O) groups excluding carboxylic acids is 4. The number of fused-ring (bicyclic) bond motifs is 1. The Morgan fingerprint density at radius 2 is 1.91 bits per heavy atom. The molecule has 2 aromatic carbocycles. The molecule has 176 valence electrons. The highest BCUT2D eigenvalue weighted by Crippen LogP contribution is 2.34. The van der Waals surface area contributed by atoms with Crippen LogP contribution in [0.15, 0.2) is 42.5 Å². The molecular formula is C25H25N3O6. The second-order valence-electron chi connectivity index (χ2n) is 8.32. The van der Waals surface area contributed by atoms with Crippen LogP contribution >= 0.6 is 0 Å². The number of nitrogens with zero attached hydrogens (tertiary/aromatic N) is 2. The largest absolute Gasteiger partial charge is 0.489 e. The monoisotopic (exact) mass is 465 g/mol. The quantitative estimate of drug-likeness (QED) is 0.647. The average molecular weight is 466 g/mol. The molecular weight excluding hydrogens is 438 g/mol. The van der Waals surface area contributed by atoms with Crippen LogP contribution in [0.2, 0.25) is 0 Å². The van der Waals surface area contributed by atoms with Gasteiger partial charge in [0.15, 0.2) is 0 Å². The van der Waals surface area contributed by atoms with Crippen molar-refractivity contribution in [3.05, 3.63) is 64.7 Å². The molecule has 2 atom stereocenters. The molecule has 3 aliphatic rings. The van der Waals surface area contributed by atoms with E-state index in [0.29, 0.717) is 36.6 Å². The molecule has 9 heteroatoms. The van der Waals surface area contributed by atoms with Gasteiger partial charge in [-0.3, -0.25) is 24.5 Å². The molecule has 0 aromatic heterocycles. The third-order valence-electron chi connectivity index (χ3n) is 6.06. The van der Waals surface area contributed by atoms with Crippen LogP contribution in [0.1, 0.15) is 42.6 Å². The first kappa shape index (κ1) is 19.7. The summed E-state index contributed by atoms with van der Waals surface area (Å²) in [6.07, 6.45) is -1.73. The summed E-state index contributed by atoms with van der Waals surface area (Å²) in [6, 6.07) is 10.5. The summed E-state index contributed by atoms with van der Waals surface area (Å²) in [6.45, 7) is 1.88. The predicted octanol–water partition coefficient (Wildman–Crippen LogP) is 1.39. The van der Waals surface area contributed by atoms with E-state index in [1.54, 1.807) is 23.1 Å². The number of imide groups is 1. The summed E-state index contributed by atoms with van der Waals surface area (Å²) in [5, 5.41) is 2.08. The minimum absolute atomic E-state index is 0.0290. The van der Waals surface area contributed by atoms with Crippen molar-refractivity contribution in [3.63, 3.8) is 0 Å². The SMILES string of the molecule is [2H]C1CC(=O)NC(=O)C1([2H])N1Cc2c(OCc3ccc(CN4CCOCC4=O)cc3)cccc2C1=O. The number of carbonyl (C=O) groups is 4. The molecule has 0 saturated carbocycles. The number of morpholine rings is 1. The smallest absolute Gasteiger partial charge is 0.255 e. The Balaban J connectivity index is 1.27. The van der Waals surface area contributed by atoms with Crippen LogP contribution in [0, 0.1) is 0 Å². The maximum atomic E-state index is 13.1. The van der Waals surface area contributed by atoms with Gasteiger partial charge in [0.25, 0.3) is 5.91 Å². The Hall–Kier alpha value is -3.72. The van der Waals surface area contributed by atoms with E-state index in [1.165, 1.54) is 0 Å². The average Bonchev–Trinajstić information content (AvgIpc) is 3.21. The lowest BCUT2D eigenvalue weighted by atomic mass is 10.0. The Kier molecular flexibility index (Phi) is 5.37. The first-order chi connectivity index (χ1) is 17.3. The Labute approximate surface area is 199 Å². The summed E-state index contributed by atoms with van der Waals surface area (Å²) in [5.41, 5.74) is 2.72. The van der Waals surface area contributed by atoms with Crippen LogP contribution in [-0.2, 0) is 38.8 Å². The molecule has 5 rings (SSSR count). The Bertz CT molecular complexity index is 1240. The molecule has 0 bridgehead atoms. The van der Waals surface area contributed by atoms with E-state index >= 15 is 0 Å². The molecule has 2 fully saturated rings. The molecule has 3 heterocycles. The highest BCUT2D eigenvalue weighted by Gasteiger charge is 2.40. The van der Waals surface area contributed by atoms with Crippen LogP contribution < -0.4 is 10.1 Å². The van der Waals surface area contributed by atoms with E-state index in [-0.39, 0.29) is 32.1 Å². The highest BCUT2D eigenvalue weighted by atomic mass is 16.5. The van der Waals surface area contributed by atoms with Crippen LogP contribution in [0.5, 0.6) is 5.75 Å². The van der Waals surface area contributed by atoms with Crippen molar-refractivity contribution in [1.29, 1.82) is 0 Å². The highest BCUT2D eigenvalue weighted by molar-refractivity contribution is 6.05. The van der Waals surface area contributed by atoms with E-state index in [4.69, 9.17) is 12.2 Å². The molecule has 2 aromatic rings. The van der Waals surface area contributed by atoms with Crippen molar-refractivity contribution in [1.82, 2.24) is 15.1 Å². The zero-order valence-corrected chi connectivity index (χ0v) is 18.4. The van der Waals surface area contributed by atoms with Gasteiger partial charge >= 0.3 is 0 Å². The fourth-order valence-corrected chi connectivity index (χ4v) is 4.23. The van der Waals surface area contributed by atoms with Crippen molar-refractivity contribution < 1.29 is 31.4 Å². The first-order valence-electron chi connectivity index (χ1n) is 12.1.